The number of rotatable bonds is 5. The summed E-state index contributed by atoms with van der Waals surface area (Å²) >= 11 is 0. The van der Waals surface area contributed by atoms with Gasteiger partial charge in [0.2, 0.25) is 0 Å². The summed E-state index contributed by atoms with van der Waals surface area (Å²) in [6.07, 6.45) is 0. The maximum atomic E-state index is 6.71. The Morgan fingerprint density at radius 3 is 0.732 bits per heavy atom. The zero-order valence-corrected chi connectivity index (χ0v) is 74.5. The summed E-state index contributed by atoms with van der Waals surface area (Å²) in [5, 5.41) is 27.9. The molecular weight excluding hydrogens is 1690 g/mol. The molecule has 0 saturated carbocycles. The second-order valence-electron chi connectivity index (χ2n) is 38.2. The van der Waals surface area contributed by atoms with Gasteiger partial charge in [0.05, 0.1) is 49.7 Å². The Bertz CT molecular complexity index is 10700. The average Bonchev–Trinajstić information content (AvgIpc) is 1.52. The Labute approximate surface area is 783 Å². The van der Waals surface area contributed by atoms with Crippen molar-refractivity contribution >= 4 is 246 Å². The first-order valence-corrected chi connectivity index (χ1v) is 47.4. The van der Waals surface area contributed by atoms with Gasteiger partial charge < -0.3 is 39.7 Å². The number of para-hydroxylation sites is 6. The van der Waals surface area contributed by atoms with Crippen LogP contribution in [0, 0.1) is 0 Å². The quantitative estimate of drug-likeness (QED) is 0.170. The SMILES string of the molecule is CC1(C)c2ccccc2-c2ccc(-c3cc4c5ccc6c7ccccc7oc6c5n5c4c(c3)c3ccc4c6ccccc6oc4c35)cc21.c1ccc(-c2cccc(-c3cc4c5ccc6c7ccccc7oc6c5n5c4c(c3)c3ccc4c6ccccc6oc4c35)c2)cc1.c1ccc(-c2ccccc2-c2cc3c4ccc5c6ccccc6oc5c4n4c3c(c2)c2ccc3c5ccccc5oc3c24)cc1. The van der Waals surface area contributed by atoms with Gasteiger partial charge in [0.15, 0.2) is 33.5 Å². The van der Waals surface area contributed by atoms with Crippen LogP contribution in [-0.2, 0) is 5.41 Å². The third-order valence-corrected chi connectivity index (χ3v) is 30.8. The van der Waals surface area contributed by atoms with Gasteiger partial charge in [-0.05, 0) is 199 Å². The lowest BCUT2D eigenvalue weighted by Crippen LogP contribution is -2.14. The van der Waals surface area contributed by atoms with Gasteiger partial charge in [0.1, 0.15) is 33.5 Å². The number of benzene rings is 21. The molecule has 0 fully saturated rings. The van der Waals surface area contributed by atoms with E-state index in [2.05, 4.69) is 397 Å². The molecule has 1 aliphatic carbocycles. The first-order valence-electron chi connectivity index (χ1n) is 47.4. The molecule has 0 bridgehead atoms. The molecule has 21 aromatic carbocycles. The van der Waals surface area contributed by atoms with Crippen molar-refractivity contribution in [1.82, 2.24) is 13.2 Å². The standard InChI is InChI=1S/C45H27NO2.2C42H23NO2/c1-45(2)36-12-6-3-9-26(36)27-16-15-24(23-37(27)45)25-21-34-30-17-19-32-28-10-4-7-13-38(28)47-43(32)41(30)46-40(34)35(22-25)31-18-20-33-29-11-5-8-14-39(29)48-44(33)42(31)46;1-2-9-24(10-3-1)25-11-8-12-26(21-25)27-22-34-30-17-19-32-28-13-4-6-15-36(28)44-41(32)39(30)43-38(34)35(23-27)31-18-20-33-29-14-5-7-16-37(29)45-42(33)40(31)43;1-2-10-24(11-3-1)26-12-4-5-13-27(26)25-22-34-30-18-20-32-28-14-6-8-16-36(28)44-41(32)39(30)43-38(34)35(23-25)31-19-21-33-29-15-7-9-17-37(29)45-42(33)40(31)43/h3-23H,1-2H3;2*1-23H. The lowest BCUT2D eigenvalue weighted by atomic mass is 9.81. The number of fused-ring (bicyclic) bond motifs is 45. The molecule has 9 nitrogen and oxygen atoms in total. The van der Waals surface area contributed by atoms with Crippen LogP contribution < -0.4 is 0 Å². The van der Waals surface area contributed by atoms with Crippen LogP contribution in [0.15, 0.2) is 433 Å². The third-order valence-electron chi connectivity index (χ3n) is 30.8. The predicted octanol–water partition coefficient (Wildman–Crippen LogP) is 36.5. The third kappa shape index (κ3) is 9.91. The van der Waals surface area contributed by atoms with Crippen LogP contribution in [0.5, 0.6) is 0 Å². The second-order valence-corrected chi connectivity index (χ2v) is 38.2. The Balaban J connectivity index is 0.0000000941. The smallest absolute Gasteiger partial charge is 0.160 e. The van der Waals surface area contributed by atoms with Gasteiger partial charge in [0, 0.05) is 135 Å². The number of aromatic nitrogens is 3. The minimum Gasteiger partial charge on any atom is -0.454 e. The lowest BCUT2D eigenvalue weighted by molar-refractivity contribution is 0.660. The molecule has 138 heavy (non-hydrogen) atoms. The molecule has 9 heteroatoms. The Kier molecular flexibility index (Phi) is 14.6. The van der Waals surface area contributed by atoms with Gasteiger partial charge in [-0.1, -0.05) is 299 Å². The minimum absolute atomic E-state index is 0.0642. The van der Waals surface area contributed by atoms with Gasteiger partial charge >= 0.3 is 0 Å². The Morgan fingerprint density at radius 2 is 0.391 bits per heavy atom. The predicted molar refractivity (Wildman–Crippen MR) is 572 cm³/mol. The van der Waals surface area contributed by atoms with Crippen molar-refractivity contribution in [3.63, 3.8) is 0 Å². The highest BCUT2D eigenvalue weighted by Gasteiger charge is 2.37. The van der Waals surface area contributed by atoms with Gasteiger partial charge in [0.25, 0.3) is 0 Å². The van der Waals surface area contributed by atoms with Gasteiger partial charge in [-0.15, -0.1) is 0 Å². The van der Waals surface area contributed by atoms with Crippen LogP contribution in [0.25, 0.3) is 313 Å². The monoisotopic (exact) mass is 1760 g/mol. The van der Waals surface area contributed by atoms with E-state index in [1.165, 1.54) is 159 Å². The molecule has 0 amide bonds. The topological polar surface area (TPSA) is 92.1 Å². The number of furan rings is 6. The summed E-state index contributed by atoms with van der Waals surface area (Å²) in [5.41, 5.74) is 38.5. The molecule has 34 rings (SSSR count). The fourth-order valence-electron chi connectivity index (χ4n) is 24.6. The van der Waals surface area contributed by atoms with Crippen molar-refractivity contribution in [2.75, 3.05) is 0 Å². The normalized spacial score (nSPS) is 13.1. The molecule has 0 aliphatic heterocycles. The summed E-state index contributed by atoms with van der Waals surface area (Å²) in [7, 11) is 0. The fourth-order valence-corrected chi connectivity index (χ4v) is 24.6. The Morgan fingerprint density at radius 1 is 0.145 bits per heavy atom. The molecule has 1 aliphatic rings. The van der Waals surface area contributed by atoms with Crippen LogP contribution >= 0.6 is 0 Å². The largest absolute Gasteiger partial charge is 0.454 e. The molecular formula is C129H73N3O6. The van der Waals surface area contributed by atoms with Gasteiger partial charge in [-0.3, -0.25) is 0 Å². The molecule has 0 spiro atoms. The summed E-state index contributed by atoms with van der Waals surface area (Å²) in [4.78, 5) is 0. The summed E-state index contributed by atoms with van der Waals surface area (Å²) in [6, 6.07) is 146. The van der Waals surface area contributed by atoms with E-state index in [1.54, 1.807) is 0 Å². The highest BCUT2D eigenvalue weighted by atomic mass is 16.4. The number of hydrogen-bond donors (Lipinski definition) is 0. The first kappa shape index (κ1) is 74.4. The van der Waals surface area contributed by atoms with Crippen molar-refractivity contribution in [3.8, 4) is 66.8 Å². The van der Waals surface area contributed by atoms with Crippen molar-refractivity contribution < 1.29 is 26.5 Å². The van der Waals surface area contributed by atoms with Crippen LogP contribution in [0.1, 0.15) is 25.0 Å². The van der Waals surface area contributed by atoms with Crippen LogP contribution in [0.3, 0.4) is 0 Å². The van der Waals surface area contributed by atoms with E-state index in [0.29, 0.717) is 0 Å². The second kappa shape index (κ2) is 27.1. The number of nitrogens with zero attached hydrogens (tertiary/aromatic N) is 3. The average molecular weight is 1760 g/mol. The van der Waals surface area contributed by atoms with Crippen LogP contribution in [-0.4, -0.2) is 13.2 Å². The maximum Gasteiger partial charge on any atom is 0.160 e. The zero-order chi connectivity index (χ0) is 89.9. The van der Waals surface area contributed by atoms with E-state index in [-0.39, 0.29) is 5.41 Å². The molecule has 0 atom stereocenters. The summed E-state index contributed by atoms with van der Waals surface area (Å²) < 4.78 is 47.4. The van der Waals surface area contributed by atoms with E-state index in [1.807, 2.05) is 36.4 Å². The van der Waals surface area contributed by atoms with Crippen molar-refractivity contribution in [1.29, 1.82) is 0 Å². The molecule has 0 radical (unpaired) electrons. The van der Waals surface area contributed by atoms with Crippen molar-refractivity contribution in [2.45, 2.75) is 19.3 Å². The molecule has 12 aromatic heterocycles. The summed E-state index contributed by atoms with van der Waals surface area (Å²) in [6.45, 7) is 4.70. The van der Waals surface area contributed by atoms with Crippen molar-refractivity contribution in [2.24, 2.45) is 0 Å². The summed E-state index contributed by atoms with van der Waals surface area (Å²) in [5.74, 6) is 0. The van der Waals surface area contributed by atoms with E-state index >= 15 is 0 Å². The van der Waals surface area contributed by atoms with Gasteiger partial charge in [-0.2, -0.15) is 0 Å². The van der Waals surface area contributed by atoms with E-state index < -0.39 is 0 Å². The van der Waals surface area contributed by atoms with E-state index in [0.717, 1.165) is 165 Å². The maximum absolute atomic E-state index is 6.71. The molecule has 33 aromatic rings. The Hall–Kier alpha value is -18.2. The van der Waals surface area contributed by atoms with E-state index in [4.69, 9.17) is 26.5 Å². The van der Waals surface area contributed by atoms with Gasteiger partial charge in [-0.25, -0.2) is 0 Å². The zero-order valence-electron chi connectivity index (χ0n) is 74.5. The minimum atomic E-state index is -0.0642. The lowest BCUT2D eigenvalue weighted by Gasteiger charge is -2.22. The van der Waals surface area contributed by atoms with Crippen molar-refractivity contribution in [3.05, 3.63) is 418 Å². The first-order chi connectivity index (χ1) is 68.2. The van der Waals surface area contributed by atoms with Crippen LogP contribution in [0.2, 0.25) is 0 Å². The molecule has 12 heterocycles. The molecule has 0 unspecified atom stereocenters. The number of hydrogen-bond acceptors (Lipinski definition) is 6. The fraction of sp³-hybridized carbons (Fsp3) is 0.0233. The highest BCUT2D eigenvalue weighted by Crippen LogP contribution is 2.56. The molecule has 0 N–H and O–H groups in total. The highest BCUT2D eigenvalue weighted by molar-refractivity contribution is 6.36. The van der Waals surface area contributed by atoms with E-state index in [9.17, 15) is 0 Å². The van der Waals surface area contributed by atoms with Crippen LogP contribution in [0.4, 0.5) is 0 Å². The molecule has 0 saturated heterocycles. The molecule has 640 valence electrons.